The fourth-order valence-electron chi connectivity index (χ4n) is 1.90. The van der Waals surface area contributed by atoms with Crippen molar-refractivity contribution in [2.45, 2.75) is 65.2 Å². The van der Waals surface area contributed by atoms with Crippen LogP contribution in [0.1, 0.15) is 65.2 Å². The maximum atomic E-state index is 5.42. The minimum absolute atomic E-state index is 0.694. The molecule has 0 amide bonds. The number of hydrogen-bond acceptors (Lipinski definition) is 2. The van der Waals surface area contributed by atoms with Gasteiger partial charge in [-0.3, -0.25) is 0 Å². The van der Waals surface area contributed by atoms with Crippen molar-refractivity contribution in [2.24, 2.45) is 0 Å². The molecule has 0 atom stereocenters. The molecule has 0 heterocycles. The standard InChI is InChI=1S/C16H33NO/c1-4-5-6-7-8-9-10-11-12-17-13-14-18-15-16(2)3/h17H,2,4-15H2,1,3H3. The lowest BCUT2D eigenvalue weighted by Crippen LogP contribution is -2.21. The molecule has 2 nitrogen and oxygen atoms in total. The van der Waals surface area contributed by atoms with Crippen molar-refractivity contribution in [3.63, 3.8) is 0 Å². The van der Waals surface area contributed by atoms with E-state index in [0.29, 0.717) is 6.61 Å². The first kappa shape index (κ1) is 17.7. The first-order valence-electron chi connectivity index (χ1n) is 7.70. The van der Waals surface area contributed by atoms with Gasteiger partial charge in [-0.2, -0.15) is 0 Å². The van der Waals surface area contributed by atoms with Gasteiger partial charge in [-0.1, -0.05) is 64.0 Å². The van der Waals surface area contributed by atoms with Crippen LogP contribution in [0.3, 0.4) is 0 Å². The predicted molar refractivity (Wildman–Crippen MR) is 81.1 cm³/mol. The van der Waals surface area contributed by atoms with Crippen LogP contribution in [0, 0.1) is 0 Å². The summed E-state index contributed by atoms with van der Waals surface area (Å²) in [5.41, 5.74) is 1.10. The average Bonchev–Trinajstić information content (AvgIpc) is 2.34. The van der Waals surface area contributed by atoms with Crippen LogP contribution in [0.2, 0.25) is 0 Å². The third-order valence-electron chi connectivity index (χ3n) is 2.98. The molecule has 0 aromatic heterocycles. The van der Waals surface area contributed by atoms with Gasteiger partial charge < -0.3 is 10.1 Å². The van der Waals surface area contributed by atoms with E-state index >= 15 is 0 Å². The molecule has 0 rings (SSSR count). The molecule has 0 aromatic rings. The van der Waals surface area contributed by atoms with E-state index in [9.17, 15) is 0 Å². The molecule has 0 spiro atoms. The first-order valence-corrected chi connectivity index (χ1v) is 7.70. The molecule has 0 aromatic carbocycles. The molecule has 108 valence electrons. The molecule has 18 heavy (non-hydrogen) atoms. The van der Waals surface area contributed by atoms with Crippen LogP contribution >= 0.6 is 0 Å². The molecule has 0 aliphatic heterocycles. The third-order valence-corrected chi connectivity index (χ3v) is 2.98. The number of ether oxygens (including phenoxy) is 1. The van der Waals surface area contributed by atoms with E-state index in [1.54, 1.807) is 0 Å². The van der Waals surface area contributed by atoms with Gasteiger partial charge in [0, 0.05) is 6.54 Å². The Morgan fingerprint density at radius 1 is 0.944 bits per heavy atom. The highest BCUT2D eigenvalue weighted by atomic mass is 16.5. The van der Waals surface area contributed by atoms with Crippen LogP contribution in [0.15, 0.2) is 12.2 Å². The van der Waals surface area contributed by atoms with Gasteiger partial charge in [-0.15, -0.1) is 0 Å². The van der Waals surface area contributed by atoms with E-state index in [-0.39, 0.29) is 0 Å². The van der Waals surface area contributed by atoms with E-state index in [0.717, 1.165) is 25.3 Å². The van der Waals surface area contributed by atoms with Crippen LogP contribution in [0.4, 0.5) is 0 Å². The average molecular weight is 255 g/mol. The number of nitrogens with one attached hydrogen (secondary N) is 1. The summed E-state index contributed by atoms with van der Waals surface area (Å²) in [7, 11) is 0. The number of rotatable bonds is 14. The summed E-state index contributed by atoms with van der Waals surface area (Å²) >= 11 is 0. The maximum absolute atomic E-state index is 5.42. The molecule has 0 unspecified atom stereocenters. The van der Waals surface area contributed by atoms with Gasteiger partial charge in [-0.25, -0.2) is 0 Å². The smallest absolute Gasteiger partial charge is 0.0672 e. The van der Waals surface area contributed by atoms with Crippen molar-refractivity contribution in [3.8, 4) is 0 Å². The Balaban J connectivity index is 2.92. The van der Waals surface area contributed by atoms with Gasteiger partial charge in [0.2, 0.25) is 0 Å². The van der Waals surface area contributed by atoms with Crippen molar-refractivity contribution in [1.82, 2.24) is 5.32 Å². The summed E-state index contributed by atoms with van der Waals surface area (Å²) in [6, 6.07) is 0. The van der Waals surface area contributed by atoms with Gasteiger partial charge in [0.15, 0.2) is 0 Å². The Morgan fingerprint density at radius 2 is 1.56 bits per heavy atom. The Bertz CT molecular complexity index is 180. The van der Waals surface area contributed by atoms with E-state index in [1.807, 2.05) is 6.92 Å². The second kappa shape index (κ2) is 14.7. The summed E-state index contributed by atoms with van der Waals surface area (Å²) in [6.07, 6.45) is 11.1. The number of unbranched alkanes of at least 4 members (excludes halogenated alkanes) is 7. The van der Waals surface area contributed by atoms with Crippen molar-refractivity contribution >= 4 is 0 Å². The molecule has 0 aliphatic carbocycles. The van der Waals surface area contributed by atoms with Crippen LogP contribution < -0.4 is 5.32 Å². The molecule has 2 heteroatoms. The van der Waals surface area contributed by atoms with Crippen molar-refractivity contribution in [3.05, 3.63) is 12.2 Å². The highest BCUT2D eigenvalue weighted by molar-refractivity contribution is 4.87. The van der Waals surface area contributed by atoms with Gasteiger partial charge in [-0.05, 0) is 19.9 Å². The predicted octanol–water partition coefficient (Wildman–Crippen LogP) is 4.31. The minimum atomic E-state index is 0.694. The van der Waals surface area contributed by atoms with Gasteiger partial charge in [0.25, 0.3) is 0 Å². The molecule has 0 fully saturated rings. The van der Waals surface area contributed by atoms with Crippen LogP contribution in [-0.2, 0) is 4.74 Å². The van der Waals surface area contributed by atoms with Gasteiger partial charge >= 0.3 is 0 Å². The minimum Gasteiger partial charge on any atom is -0.376 e. The molecule has 0 aliphatic rings. The molecule has 0 saturated carbocycles. The molecule has 1 N–H and O–H groups in total. The maximum Gasteiger partial charge on any atom is 0.0672 e. The normalized spacial score (nSPS) is 10.8. The van der Waals surface area contributed by atoms with E-state index < -0.39 is 0 Å². The SMILES string of the molecule is C=C(C)COCCNCCCCCCCCCC. The Kier molecular flexibility index (Phi) is 14.4. The van der Waals surface area contributed by atoms with Gasteiger partial charge in [0.1, 0.15) is 0 Å². The van der Waals surface area contributed by atoms with E-state index in [4.69, 9.17) is 4.74 Å². The fourth-order valence-corrected chi connectivity index (χ4v) is 1.90. The Hall–Kier alpha value is -0.340. The lowest BCUT2D eigenvalue weighted by molar-refractivity contribution is 0.158. The molecular formula is C16H33NO. The van der Waals surface area contributed by atoms with E-state index in [1.165, 1.54) is 51.4 Å². The van der Waals surface area contributed by atoms with Crippen molar-refractivity contribution in [2.75, 3.05) is 26.3 Å². The highest BCUT2D eigenvalue weighted by Gasteiger charge is 1.92. The van der Waals surface area contributed by atoms with E-state index in [2.05, 4.69) is 18.8 Å². The van der Waals surface area contributed by atoms with Crippen LogP contribution in [-0.4, -0.2) is 26.3 Å². The zero-order chi connectivity index (χ0) is 13.5. The largest absolute Gasteiger partial charge is 0.376 e. The van der Waals surface area contributed by atoms with Gasteiger partial charge in [0.05, 0.1) is 13.2 Å². The van der Waals surface area contributed by atoms with Crippen LogP contribution in [0.5, 0.6) is 0 Å². The third kappa shape index (κ3) is 15.7. The summed E-state index contributed by atoms with van der Waals surface area (Å²) in [5.74, 6) is 0. The second-order valence-electron chi connectivity index (χ2n) is 5.23. The second-order valence-corrected chi connectivity index (χ2v) is 5.23. The lowest BCUT2D eigenvalue weighted by Gasteiger charge is -2.06. The van der Waals surface area contributed by atoms with Crippen molar-refractivity contribution in [1.29, 1.82) is 0 Å². The Morgan fingerprint density at radius 3 is 2.17 bits per heavy atom. The zero-order valence-corrected chi connectivity index (χ0v) is 12.6. The first-order chi connectivity index (χ1) is 8.77. The summed E-state index contributed by atoms with van der Waals surface area (Å²) in [6.45, 7) is 11.6. The zero-order valence-electron chi connectivity index (χ0n) is 12.6. The topological polar surface area (TPSA) is 21.3 Å². The molecular weight excluding hydrogens is 222 g/mol. The molecule has 0 saturated heterocycles. The summed E-state index contributed by atoms with van der Waals surface area (Å²) < 4.78 is 5.42. The fraction of sp³-hybridized carbons (Fsp3) is 0.875. The monoisotopic (exact) mass is 255 g/mol. The quantitative estimate of drug-likeness (QED) is 0.369. The Labute approximate surface area is 114 Å². The molecule has 0 radical (unpaired) electrons. The summed E-state index contributed by atoms with van der Waals surface area (Å²) in [4.78, 5) is 0. The highest BCUT2D eigenvalue weighted by Crippen LogP contribution is 2.07. The number of hydrogen-bond donors (Lipinski definition) is 1. The lowest BCUT2D eigenvalue weighted by atomic mass is 10.1. The van der Waals surface area contributed by atoms with Crippen LogP contribution in [0.25, 0.3) is 0 Å². The molecule has 0 bridgehead atoms. The summed E-state index contributed by atoms with van der Waals surface area (Å²) in [5, 5.41) is 3.42. The van der Waals surface area contributed by atoms with Crippen molar-refractivity contribution < 1.29 is 4.74 Å².